The molecule has 0 unspecified atom stereocenters. The Morgan fingerprint density at radius 3 is 2.86 bits per heavy atom. The molecule has 0 N–H and O–H groups in total. The number of hydrogen-bond donors (Lipinski definition) is 0. The lowest BCUT2D eigenvalue weighted by Gasteiger charge is -2.03. The number of methoxy groups -OCH3 is 1. The minimum atomic E-state index is -0.389. The molecule has 1 aliphatic carbocycles. The molecule has 74 valence electrons. The highest BCUT2D eigenvalue weighted by Gasteiger charge is 2.26. The van der Waals surface area contributed by atoms with Crippen molar-refractivity contribution in [1.82, 2.24) is 4.98 Å². The third-order valence-electron chi connectivity index (χ3n) is 2.24. The summed E-state index contributed by atoms with van der Waals surface area (Å²) in [5.74, 6) is 0.158. The lowest BCUT2D eigenvalue weighted by Crippen LogP contribution is -2.06. The highest BCUT2D eigenvalue weighted by atomic mass is 79.9. The van der Waals surface area contributed by atoms with Crippen molar-refractivity contribution in [2.24, 2.45) is 0 Å². The van der Waals surface area contributed by atoms with Gasteiger partial charge in [0.2, 0.25) is 0 Å². The highest BCUT2D eigenvalue weighted by molar-refractivity contribution is 9.10. The van der Waals surface area contributed by atoms with Crippen LogP contribution in [0.25, 0.3) is 0 Å². The molecule has 4 heteroatoms. The molecule has 14 heavy (non-hydrogen) atoms. The summed E-state index contributed by atoms with van der Waals surface area (Å²) in [5, 5.41) is 0. The summed E-state index contributed by atoms with van der Waals surface area (Å²) in [5.41, 5.74) is 1.37. The fourth-order valence-electron chi connectivity index (χ4n) is 1.30. The van der Waals surface area contributed by atoms with Gasteiger partial charge in [0.1, 0.15) is 0 Å². The second-order valence-corrected chi connectivity index (χ2v) is 4.19. The molecule has 0 spiro atoms. The molecule has 0 aliphatic heterocycles. The van der Waals surface area contributed by atoms with E-state index in [1.165, 1.54) is 20.0 Å². The minimum absolute atomic E-state index is 0.372. The summed E-state index contributed by atoms with van der Waals surface area (Å²) in [6.07, 6.45) is 2.35. The van der Waals surface area contributed by atoms with Crippen molar-refractivity contribution in [3.63, 3.8) is 0 Å². The second kappa shape index (κ2) is 3.69. The largest absolute Gasteiger partial charge is 0.464 e. The summed E-state index contributed by atoms with van der Waals surface area (Å²) < 4.78 is 5.33. The summed E-state index contributed by atoms with van der Waals surface area (Å²) in [6.45, 7) is 0. The molecule has 2 rings (SSSR count). The number of nitrogens with zero attached hydrogens (tertiary/aromatic N) is 1. The summed E-state index contributed by atoms with van der Waals surface area (Å²) in [7, 11) is 1.36. The van der Waals surface area contributed by atoms with Gasteiger partial charge in [-0.25, -0.2) is 9.78 Å². The lowest BCUT2D eigenvalue weighted by atomic mass is 10.2. The first-order chi connectivity index (χ1) is 6.72. The predicted octanol–water partition coefficient (Wildman–Crippen LogP) is 2.51. The fraction of sp³-hybridized carbons (Fsp3) is 0.400. The zero-order chi connectivity index (χ0) is 10.1. The summed E-state index contributed by atoms with van der Waals surface area (Å²) >= 11 is 3.28. The minimum Gasteiger partial charge on any atom is -0.464 e. The quantitative estimate of drug-likeness (QED) is 0.763. The summed E-state index contributed by atoms with van der Waals surface area (Å²) in [4.78, 5) is 15.6. The molecule has 0 saturated heterocycles. The molecule has 0 bridgehead atoms. The Balaban J connectivity index is 2.36. The van der Waals surface area contributed by atoms with Crippen LogP contribution < -0.4 is 0 Å². The number of rotatable bonds is 2. The van der Waals surface area contributed by atoms with Crippen LogP contribution in [0.4, 0.5) is 0 Å². The molecule has 0 atom stereocenters. The van der Waals surface area contributed by atoms with Crippen molar-refractivity contribution in [3.8, 4) is 0 Å². The maximum atomic E-state index is 11.3. The van der Waals surface area contributed by atoms with Crippen LogP contribution in [0.5, 0.6) is 0 Å². The van der Waals surface area contributed by atoms with Gasteiger partial charge in [0.25, 0.3) is 0 Å². The number of esters is 1. The van der Waals surface area contributed by atoms with E-state index in [-0.39, 0.29) is 5.97 Å². The third-order valence-corrected chi connectivity index (χ3v) is 2.88. The molecule has 3 nitrogen and oxygen atoms in total. The third kappa shape index (κ3) is 1.80. The number of halogens is 1. The van der Waals surface area contributed by atoms with E-state index >= 15 is 0 Å². The van der Waals surface area contributed by atoms with Crippen LogP contribution in [-0.2, 0) is 4.74 Å². The smallest absolute Gasteiger partial charge is 0.357 e. The van der Waals surface area contributed by atoms with E-state index in [1.54, 1.807) is 0 Å². The van der Waals surface area contributed by atoms with Crippen LogP contribution in [0.3, 0.4) is 0 Å². The Bertz CT molecular complexity index is 374. The SMILES string of the molecule is COC(=O)c1nc(C2CC2)ccc1Br. The van der Waals surface area contributed by atoms with Gasteiger partial charge < -0.3 is 4.74 Å². The number of carbonyl (C=O) groups excluding carboxylic acids is 1. The first-order valence-corrected chi connectivity index (χ1v) is 5.26. The number of aromatic nitrogens is 1. The zero-order valence-electron chi connectivity index (χ0n) is 7.79. The summed E-state index contributed by atoms with van der Waals surface area (Å²) in [6, 6.07) is 3.81. The Morgan fingerprint density at radius 2 is 2.29 bits per heavy atom. The van der Waals surface area contributed by atoms with Gasteiger partial charge in [0.15, 0.2) is 5.69 Å². The number of hydrogen-bond acceptors (Lipinski definition) is 3. The van der Waals surface area contributed by atoms with E-state index in [4.69, 9.17) is 0 Å². The second-order valence-electron chi connectivity index (χ2n) is 3.33. The normalized spacial score (nSPS) is 15.3. The molecular formula is C10H10BrNO2. The number of carbonyl (C=O) groups is 1. The molecule has 1 aromatic heterocycles. The Kier molecular flexibility index (Phi) is 2.54. The Hall–Kier alpha value is -0.900. The van der Waals surface area contributed by atoms with Crippen LogP contribution in [0.15, 0.2) is 16.6 Å². The van der Waals surface area contributed by atoms with Gasteiger partial charge in [-0.1, -0.05) is 0 Å². The molecule has 0 amide bonds. The van der Waals surface area contributed by atoms with Gasteiger partial charge in [-0.3, -0.25) is 0 Å². The number of pyridine rings is 1. The van der Waals surface area contributed by atoms with E-state index in [1.807, 2.05) is 12.1 Å². The topological polar surface area (TPSA) is 39.2 Å². The first kappa shape index (κ1) is 9.65. The highest BCUT2D eigenvalue weighted by Crippen LogP contribution is 2.39. The van der Waals surface area contributed by atoms with Crippen molar-refractivity contribution < 1.29 is 9.53 Å². The first-order valence-electron chi connectivity index (χ1n) is 4.47. The van der Waals surface area contributed by atoms with E-state index < -0.39 is 0 Å². The standard InChI is InChI=1S/C10H10BrNO2/c1-14-10(13)9-7(11)4-5-8(12-9)6-2-3-6/h4-6H,2-3H2,1H3. The van der Waals surface area contributed by atoms with Gasteiger partial charge in [-0.2, -0.15) is 0 Å². The average Bonchev–Trinajstić information content (AvgIpc) is 3.01. The zero-order valence-corrected chi connectivity index (χ0v) is 9.37. The van der Waals surface area contributed by atoms with E-state index in [2.05, 4.69) is 25.7 Å². The molecular weight excluding hydrogens is 246 g/mol. The molecule has 0 radical (unpaired) electrons. The number of ether oxygens (including phenoxy) is 1. The maximum Gasteiger partial charge on any atom is 0.357 e. The monoisotopic (exact) mass is 255 g/mol. The predicted molar refractivity (Wildman–Crippen MR) is 55.3 cm³/mol. The molecule has 1 aromatic rings. The molecule has 1 fully saturated rings. The lowest BCUT2D eigenvalue weighted by molar-refractivity contribution is 0.0592. The average molecular weight is 256 g/mol. The van der Waals surface area contributed by atoms with Gasteiger partial charge >= 0.3 is 5.97 Å². The van der Waals surface area contributed by atoms with Crippen molar-refractivity contribution in [2.75, 3.05) is 7.11 Å². The van der Waals surface area contributed by atoms with E-state index in [0.29, 0.717) is 16.1 Å². The molecule has 1 aliphatic rings. The van der Waals surface area contributed by atoms with Crippen molar-refractivity contribution >= 4 is 21.9 Å². The maximum absolute atomic E-state index is 11.3. The van der Waals surface area contributed by atoms with E-state index in [9.17, 15) is 4.79 Å². The molecule has 0 aromatic carbocycles. The van der Waals surface area contributed by atoms with Gasteiger partial charge in [-0.15, -0.1) is 0 Å². The van der Waals surface area contributed by atoms with Crippen molar-refractivity contribution in [3.05, 3.63) is 28.0 Å². The fourth-order valence-corrected chi connectivity index (χ4v) is 1.69. The molecule has 1 heterocycles. The Morgan fingerprint density at radius 1 is 1.57 bits per heavy atom. The van der Waals surface area contributed by atoms with Gasteiger partial charge in [-0.05, 0) is 40.9 Å². The Labute approximate surface area is 90.6 Å². The van der Waals surface area contributed by atoms with Crippen LogP contribution in [0.2, 0.25) is 0 Å². The van der Waals surface area contributed by atoms with Crippen LogP contribution in [-0.4, -0.2) is 18.1 Å². The van der Waals surface area contributed by atoms with Crippen molar-refractivity contribution in [1.29, 1.82) is 0 Å². The van der Waals surface area contributed by atoms with Crippen LogP contribution in [0, 0.1) is 0 Å². The van der Waals surface area contributed by atoms with Gasteiger partial charge in [0, 0.05) is 11.6 Å². The van der Waals surface area contributed by atoms with Crippen LogP contribution >= 0.6 is 15.9 Å². The van der Waals surface area contributed by atoms with Crippen molar-refractivity contribution in [2.45, 2.75) is 18.8 Å². The van der Waals surface area contributed by atoms with Crippen LogP contribution in [0.1, 0.15) is 34.9 Å². The van der Waals surface area contributed by atoms with E-state index in [0.717, 1.165) is 5.69 Å². The molecule has 1 saturated carbocycles. The van der Waals surface area contributed by atoms with Gasteiger partial charge in [0.05, 0.1) is 11.6 Å².